The van der Waals surface area contributed by atoms with E-state index in [4.69, 9.17) is 4.74 Å². The Hall–Kier alpha value is -1.59. The maximum Gasteiger partial charge on any atom is 0.345 e. The van der Waals surface area contributed by atoms with Gasteiger partial charge >= 0.3 is 11.7 Å². The minimum atomic E-state index is -0.491. The lowest BCUT2D eigenvalue weighted by molar-refractivity contribution is -0.155. The highest BCUT2D eigenvalue weighted by molar-refractivity contribution is 5.69. The molecule has 0 fully saturated rings. The molecule has 1 aliphatic heterocycles. The molecule has 0 aromatic carbocycles. The monoisotopic (exact) mass is 267 g/mol. The van der Waals surface area contributed by atoms with Crippen LogP contribution in [0.25, 0.3) is 0 Å². The van der Waals surface area contributed by atoms with Gasteiger partial charge in [0.2, 0.25) is 0 Å². The molecular formula is C13H21N3O3. The van der Waals surface area contributed by atoms with Crippen molar-refractivity contribution in [1.29, 1.82) is 0 Å². The van der Waals surface area contributed by atoms with Crippen LogP contribution in [0.15, 0.2) is 4.79 Å². The highest BCUT2D eigenvalue weighted by atomic mass is 16.6. The fourth-order valence-corrected chi connectivity index (χ4v) is 2.18. The molecule has 6 heteroatoms. The van der Waals surface area contributed by atoms with Crippen LogP contribution in [0.4, 0.5) is 0 Å². The maximum atomic E-state index is 12.0. The number of carbonyl (C=O) groups is 1. The molecule has 0 saturated carbocycles. The second kappa shape index (κ2) is 5.19. The molecule has 0 aliphatic carbocycles. The van der Waals surface area contributed by atoms with Crippen molar-refractivity contribution < 1.29 is 9.53 Å². The molecule has 0 unspecified atom stereocenters. The molecule has 0 spiro atoms. The molecule has 0 saturated heterocycles. The number of fused-ring (bicyclic) bond motifs is 1. The van der Waals surface area contributed by atoms with Crippen LogP contribution in [0.5, 0.6) is 0 Å². The van der Waals surface area contributed by atoms with E-state index in [0.717, 1.165) is 31.6 Å². The summed E-state index contributed by atoms with van der Waals surface area (Å²) in [6.45, 7) is 6.50. The van der Waals surface area contributed by atoms with Crippen molar-refractivity contribution in [2.24, 2.45) is 0 Å². The predicted molar refractivity (Wildman–Crippen MR) is 69.9 cm³/mol. The molecule has 1 aromatic heterocycles. The topological polar surface area (TPSA) is 66.1 Å². The SMILES string of the molecule is CC(C)(C)OC(=O)CCn1nc2n(c1=O)CCCC2. The Morgan fingerprint density at radius 3 is 2.74 bits per heavy atom. The summed E-state index contributed by atoms with van der Waals surface area (Å²) in [5.74, 6) is 0.533. The Bertz CT molecular complexity index is 522. The van der Waals surface area contributed by atoms with Gasteiger partial charge in [0, 0.05) is 13.0 Å². The van der Waals surface area contributed by atoms with E-state index in [0.29, 0.717) is 0 Å². The standard InChI is InChI=1S/C13H21N3O3/c1-13(2,3)19-11(17)7-9-16-12(18)15-8-5-4-6-10(15)14-16/h4-9H2,1-3H3. The van der Waals surface area contributed by atoms with Crippen molar-refractivity contribution in [2.75, 3.05) is 0 Å². The smallest absolute Gasteiger partial charge is 0.345 e. The van der Waals surface area contributed by atoms with Crippen LogP contribution >= 0.6 is 0 Å². The van der Waals surface area contributed by atoms with Gasteiger partial charge in [0.05, 0.1) is 13.0 Å². The minimum Gasteiger partial charge on any atom is -0.460 e. The number of ether oxygens (including phenoxy) is 1. The fourth-order valence-electron chi connectivity index (χ4n) is 2.18. The Labute approximate surface area is 112 Å². The predicted octanol–water partition coefficient (Wildman–Crippen LogP) is 1.11. The number of aryl methyl sites for hydroxylation is 2. The van der Waals surface area contributed by atoms with Crippen molar-refractivity contribution in [3.05, 3.63) is 16.3 Å². The van der Waals surface area contributed by atoms with Gasteiger partial charge in [0.1, 0.15) is 11.4 Å². The van der Waals surface area contributed by atoms with Gasteiger partial charge < -0.3 is 4.74 Å². The number of hydrogen-bond donors (Lipinski definition) is 0. The average molecular weight is 267 g/mol. The van der Waals surface area contributed by atoms with Crippen LogP contribution in [-0.2, 0) is 29.0 Å². The number of aromatic nitrogens is 3. The van der Waals surface area contributed by atoms with Crippen molar-refractivity contribution in [1.82, 2.24) is 14.3 Å². The number of nitrogens with zero attached hydrogens (tertiary/aromatic N) is 3. The molecule has 2 heterocycles. The molecule has 1 aromatic rings. The van der Waals surface area contributed by atoms with Crippen molar-refractivity contribution in [3.63, 3.8) is 0 Å². The second-order valence-electron chi connectivity index (χ2n) is 5.87. The third kappa shape index (κ3) is 3.45. The number of hydrogen-bond acceptors (Lipinski definition) is 4. The summed E-state index contributed by atoms with van der Waals surface area (Å²) in [6.07, 6.45) is 3.11. The fraction of sp³-hybridized carbons (Fsp3) is 0.769. The maximum absolute atomic E-state index is 12.0. The van der Waals surface area contributed by atoms with Crippen LogP contribution in [0.1, 0.15) is 45.9 Å². The van der Waals surface area contributed by atoms with Crippen LogP contribution in [0.3, 0.4) is 0 Å². The Kier molecular flexibility index (Phi) is 3.78. The Balaban J connectivity index is 1.99. The van der Waals surface area contributed by atoms with Crippen molar-refractivity contribution >= 4 is 5.97 Å². The summed E-state index contributed by atoms with van der Waals surface area (Å²) in [5, 5.41) is 4.28. The van der Waals surface area contributed by atoms with Crippen molar-refractivity contribution in [3.8, 4) is 0 Å². The second-order valence-corrected chi connectivity index (χ2v) is 5.87. The number of esters is 1. The van der Waals surface area contributed by atoms with Gasteiger partial charge in [-0.25, -0.2) is 9.48 Å². The lowest BCUT2D eigenvalue weighted by atomic mass is 10.2. The van der Waals surface area contributed by atoms with E-state index >= 15 is 0 Å². The molecule has 19 heavy (non-hydrogen) atoms. The molecule has 6 nitrogen and oxygen atoms in total. The zero-order valence-corrected chi connectivity index (χ0v) is 11.8. The number of carbonyl (C=O) groups excluding carboxylic acids is 1. The molecule has 0 N–H and O–H groups in total. The quantitative estimate of drug-likeness (QED) is 0.770. The Morgan fingerprint density at radius 2 is 2.11 bits per heavy atom. The van der Waals surface area contributed by atoms with E-state index in [1.807, 2.05) is 20.8 Å². The zero-order valence-electron chi connectivity index (χ0n) is 11.8. The summed E-state index contributed by atoms with van der Waals surface area (Å²) in [4.78, 5) is 23.6. The summed E-state index contributed by atoms with van der Waals surface area (Å²) < 4.78 is 8.30. The van der Waals surface area contributed by atoms with Gasteiger partial charge in [0.25, 0.3) is 0 Å². The van der Waals surface area contributed by atoms with Gasteiger partial charge in [-0.05, 0) is 33.6 Å². The van der Waals surface area contributed by atoms with Crippen molar-refractivity contribution in [2.45, 2.75) is 65.1 Å². The molecule has 0 radical (unpaired) electrons. The van der Waals surface area contributed by atoms with Gasteiger partial charge in [-0.1, -0.05) is 0 Å². The van der Waals surface area contributed by atoms with Crippen LogP contribution in [0, 0.1) is 0 Å². The highest BCUT2D eigenvalue weighted by Crippen LogP contribution is 2.10. The third-order valence-electron chi connectivity index (χ3n) is 2.98. The summed E-state index contributed by atoms with van der Waals surface area (Å²) >= 11 is 0. The van der Waals surface area contributed by atoms with Gasteiger partial charge in [-0.15, -0.1) is 0 Å². The van der Waals surface area contributed by atoms with Gasteiger partial charge in [0.15, 0.2) is 0 Å². The summed E-state index contributed by atoms with van der Waals surface area (Å²) in [6, 6.07) is 0. The molecule has 106 valence electrons. The van der Waals surface area contributed by atoms with E-state index in [2.05, 4.69) is 5.10 Å². The normalized spacial score (nSPS) is 15.1. The molecule has 1 aliphatic rings. The first-order valence-corrected chi connectivity index (χ1v) is 6.75. The summed E-state index contributed by atoms with van der Waals surface area (Å²) in [7, 11) is 0. The van der Waals surface area contributed by atoms with E-state index in [-0.39, 0.29) is 24.6 Å². The third-order valence-corrected chi connectivity index (χ3v) is 2.98. The van der Waals surface area contributed by atoms with Crippen LogP contribution < -0.4 is 5.69 Å². The molecule has 0 atom stereocenters. The zero-order chi connectivity index (χ0) is 14.0. The first kappa shape index (κ1) is 13.8. The molecule has 0 bridgehead atoms. The Morgan fingerprint density at radius 1 is 1.37 bits per heavy atom. The largest absolute Gasteiger partial charge is 0.460 e. The number of rotatable bonds is 3. The van der Waals surface area contributed by atoms with E-state index in [1.54, 1.807) is 4.57 Å². The highest BCUT2D eigenvalue weighted by Gasteiger charge is 2.19. The molecule has 0 amide bonds. The van der Waals surface area contributed by atoms with Crippen LogP contribution in [-0.4, -0.2) is 25.9 Å². The minimum absolute atomic E-state index is 0.113. The lowest BCUT2D eigenvalue weighted by Gasteiger charge is -2.19. The summed E-state index contributed by atoms with van der Waals surface area (Å²) in [5.41, 5.74) is -0.603. The van der Waals surface area contributed by atoms with Gasteiger partial charge in [-0.3, -0.25) is 9.36 Å². The van der Waals surface area contributed by atoms with E-state index < -0.39 is 5.60 Å². The van der Waals surface area contributed by atoms with E-state index in [9.17, 15) is 9.59 Å². The first-order chi connectivity index (χ1) is 8.87. The lowest BCUT2D eigenvalue weighted by Crippen LogP contribution is -2.29. The van der Waals surface area contributed by atoms with E-state index in [1.165, 1.54) is 4.68 Å². The first-order valence-electron chi connectivity index (χ1n) is 6.75. The molecule has 2 rings (SSSR count). The van der Waals surface area contributed by atoms with Gasteiger partial charge in [-0.2, -0.15) is 5.10 Å². The average Bonchev–Trinajstić information content (AvgIpc) is 2.62. The molecular weight excluding hydrogens is 246 g/mol. The van der Waals surface area contributed by atoms with Crippen LogP contribution in [0.2, 0.25) is 0 Å².